The second-order valence-corrected chi connectivity index (χ2v) is 9.16. The Balaban J connectivity index is 1.45. The van der Waals surface area contributed by atoms with Crippen LogP contribution in [0.1, 0.15) is 18.2 Å². The van der Waals surface area contributed by atoms with Crippen molar-refractivity contribution in [2.45, 2.75) is 31.5 Å². The van der Waals surface area contributed by atoms with Crippen molar-refractivity contribution in [3.63, 3.8) is 0 Å². The summed E-state index contributed by atoms with van der Waals surface area (Å²) in [4.78, 5) is 35.6. The summed E-state index contributed by atoms with van der Waals surface area (Å²) in [6.45, 7) is -0.186. The Morgan fingerprint density at radius 2 is 2.03 bits per heavy atom. The number of hydrogen-bond donors (Lipinski definition) is 2. The van der Waals surface area contributed by atoms with Crippen LogP contribution >= 0.6 is 31.4 Å². The molecule has 2 fully saturated rings. The SMILES string of the molecule is O=c1[nH]c(=O)n([C@H]2C[C@@H]3O[PH](O)(OCc4c(Cl)cccc4Cl)OC[C@H]3O2)cc1F. The zero-order valence-corrected chi connectivity index (χ0v) is 17.2. The molecule has 0 amide bonds. The van der Waals surface area contributed by atoms with Gasteiger partial charge in [-0.2, -0.15) is 0 Å². The number of nitrogens with zero attached hydrogens (tertiary/aromatic N) is 1. The summed E-state index contributed by atoms with van der Waals surface area (Å²) in [5, 5.41) is 0.736. The summed E-state index contributed by atoms with van der Waals surface area (Å²) in [6.07, 6.45) is -1.29. The Labute approximate surface area is 173 Å². The zero-order chi connectivity index (χ0) is 20.8. The molecule has 29 heavy (non-hydrogen) atoms. The van der Waals surface area contributed by atoms with Gasteiger partial charge in [-0.05, 0) is 0 Å². The van der Waals surface area contributed by atoms with E-state index in [1.807, 2.05) is 4.98 Å². The molecule has 1 aromatic carbocycles. The molecule has 0 unspecified atom stereocenters. The van der Waals surface area contributed by atoms with Crippen molar-refractivity contribution in [1.29, 1.82) is 0 Å². The number of aromatic amines is 1. The summed E-state index contributed by atoms with van der Waals surface area (Å²) < 4.78 is 36.6. The maximum atomic E-state index is 13.5. The molecule has 13 heteroatoms. The number of nitrogens with one attached hydrogen (secondary N) is 1. The first-order valence-electron chi connectivity index (χ1n) is 8.53. The number of hydrogen-bond acceptors (Lipinski definition) is 7. The average Bonchev–Trinajstić information content (AvgIpc) is 3.06. The maximum absolute atomic E-state index is 13.5. The zero-order valence-electron chi connectivity index (χ0n) is 14.6. The second kappa shape index (κ2) is 8.05. The normalized spacial score (nSPS) is 26.8. The number of benzene rings is 1. The third-order valence-corrected chi connectivity index (χ3v) is 6.96. The number of H-pyrrole nitrogens is 1. The van der Waals surface area contributed by atoms with E-state index in [2.05, 4.69) is 0 Å². The molecular weight excluding hydrogens is 453 g/mol. The summed E-state index contributed by atoms with van der Waals surface area (Å²) in [6, 6.07) is 4.94. The Kier molecular flexibility index (Phi) is 5.80. The molecule has 9 nitrogen and oxygen atoms in total. The standard InChI is InChI=1S/C16H16Cl2FN2O7P/c17-9-2-1-3-10(18)8(9)6-25-29(24)26-7-13-12(28-29)4-14(27-13)21-5-11(19)15(22)20-16(21)23/h1-3,5,12-14,24,29H,4,6-7H2,(H,20,22,23)/t12-,13+,14+/m0/s1. The number of fused-ring (bicyclic) bond motifs is 1. The van der Waals surface area contributed by atoms with Crippen LogP contribution in [0, 0.1) is 5.82 Å². The quantitative estimate of drug-likeness (QED) is 0.662. The molecule has 1 aromatic heterocycles. The molecule has 2 aliphatic heterocycles. The molecule has 0 aliphatic carbocycles. The van der Waals surface area contributed by atoms with E-state index in [9.17, 15) is 18.9 Å². The molecule has 0 radical (unpaired) electrons. The van der Waals surface area contributed by atoms with Gasteiger partial charge < -0.3 is 0 Å². The number of rotatable bonds is 4. The molecule has 4 rings (SSSR count). The van der Waals surface area contributed by atoms with Gasteiger partial charge in [-0.1, -0.05) is 0 Å². The van der Waals surface area contributed by atoms with Crippen LogP contribution in [-0.4, -0.2) is 33.3 Å². The van der Waals surface area contributed by atoms with Crippen molar-refractivity contribution in [1.82, 2.24) is 9.55 Å². The molecule has 2 N–H and O–H groups in total. The van der Waals surface area contributed by atoms with Gasteiger partial charge in [0.25, 0.3) is 0 Å². The molecule has 0 bridgehead atoms. The average molecular weight is 469 g/mol. The number of ether oxygens (including phenoxy) is 1. The number of aromatic nitrogens is 2. The summed E-state index contributed by atoms with van der Waals surface area (Å²) >= 11 is 12.2. The fourth-order valence-electron chi connectivity index (χ4n) is 3.14. The van der Waals surface area contributed by atoms with Gasteiger partial charge in [-0.3, -0.25) is 0 Å². The third kappa shape index (κ3) is 4.26. The summed E-state index contributed by atoms with van der Waals surface area (Å²) in [7, 11) is -4.03. The minimum absolute atomic E-state index is 0.0548. The second-order valence-electron chi connectivity index (χ2n) is 6.49. The van der Waals surface area contributed by atoms with E-state index in [-0.39, 0.29) is 19.6 Å². The van der Waals surface area contributed by atoms with Gasteiger partial charge in [0.05, 0.1) is 0 Å². The molecule has 0 saturated carbocycles. The van der Waals surface area contributed by atoms with E-state index in [4.69, 9.17) is 41.5 Å². The van der Waals surface area contributed by atoms with Crippen LogP contribution in [0.2, 0.25) is 10.0 Å². The Morgan fingerprint density at radius 1 is 1.31 bits per heavy atom. The fraction of sp³-hybridized carbons (Fsp3) is 0.375. The van der Waals surface area contributed by atoms with Crippen LogP contribution in [0.5, 0.6) is 0 Å². The first kappa shape index (κ1) is 20.9. The van der Waals surface area contributed by atoms with Crippen molar-refractivity contribution < 1.29 is 27.6 Å². The van der Waals surface area contributed by atoms with Gasteiger partial charge in [0.1, 0.15) is 0 Å². The fourth-order valence-corrected chi connectivity index (χ4v) is 5.20. The molecule has 3 heterocycles. The van der Waals surface area contributed by atoms with Crippen LogP contribution < -0.4 is 11.2 Å². The summed E-state index contributed by atoms with van der Waals surface area (Å²) in [5.74, 6) is -1.12. The van der Waals surface area contributed by atoms with Crippen LogP contribution in [0.4, 0.5) is 4.39 Å². The number of halogens is 3. The van der Waals surface area contributed by atoms with Crippen LogP contribution in [0.15, 0.2) is 34.0 Å². The minimum atomic E-state index is -4.03. The molecule has 2 aliphatic rings. The molecule has 3 atom stereocenters. The van der Waals surface area contributed by atoms with E-state index >= 15 is 0 Å². The molecular formula is C16H16Cl2FN2O7P. The van der Waals surface area contributed by atoms with Gasteiger partial charge in [-0.25, -0.2) is 0 Å². The monoisotopic (exact) mass is 468 g/mol. The molecule has 158 valence electrons. The topological polar surface area (TPSA) is 112 Å². The third-order valence-electron chi connectivity index (χ3n) is 4.61. The molecule has 2 saturated heterocycles. The van der Waals surface area contributed by atoms with Gasteiger partial charge >= 0.3 is 173 Å². The van der Waals surface area contributed by atoms with Crippen molar-refractivity contribution in [2.75, 3.05) is 6.61 Å². The van der Waals surface area contributed by atoms with Gasteiger partial charge in [0, 0.05) is 0 Å². The Bertz CT molecular complexity index is 1030. The first-order valence-corrected chi connectivity index (χ1v) is 11.0. The summed E-state index contributed by atoms with van der Waals surface area (Å²) in [5.41, 5.74) is -1.46. The van der Waals surface area contributed by atoms with Crippen LogP contribution in [0.3, 0.4) is 0 Å². The van der Waals surface area contributed by atoms with Gasteiger partial charge in [0.2, 0.25) is 0 Å². The van der Waals surface area contributed by atoms with E-state index in [1.54, 1.807) is 18.2 Å². The van der Waals surface area contributed by atoms with Crippen molar-refractivity contribution in [2.24, 2.45) is 0 Å². The van der Waals surface area contributed by atoms with Crippen molar-refractivity contribution in [3.05, 3.63) is 66.7 Å². The van der Waals surface area contributed by atoms with E-state index in [1.165, 1.54) is 0 Å². The predicted octanol–water partition coefficient (Wildman–Crippen LogP) is 2.30. The predicted molar refractivity (Wildman–Crippen MR) is 102 cm³/mol. The van der Waals surface area contributed by atoms with Crippen LogP contribution in [0.25, 0.3) is 0 Å². The molecule has 0 spiro atoms. The van der Waals surface area contributed by atoms with Gasteiger partial charge in [0.15, 0.2) is 0 Å². The van der Waals surface area contributed by atoms with E-state index in [0.29, 0.717) is 15.6 Å². The van der Waals surface area contributed by atoms with Crippen molar-refractivity contribution >= 4 is 31.4 Å². The van der Waals surface area contributed by atoms with Gasteiger partial charge in [-0.15, -0.1) is 0 Å². The Hall–Kier alpha value is -1.36. The van der Waals surface area contributed by atoms with Crippen molar-refractivity contribution in [3.8, 4) is 0 Å². The molecule has 2 aromatic rings. The van der Waals surface area contributed by atoms with E-state index < -0.39 is 43.7 Å². The van der Waals surface area contributed by atoms with Crippen LogP contribution in [-0.2, 0) is 24.9 Å². The van der Waals surface area contributed by atoms with E-state index in [0.717, 1.165) is 10.8 Å². The first-order chi connectivity index (χ1) is 13.8. The Morgan fingerprint density at radius 3 is 2.76 bits per heavy atom.